The summed E-state index contributed by atoms with van der Waals surface area (Å²) >= 11 is 0. The number of halogens is 1. The molecular formula is C34H35FN6. The van der Waals surface area contributed by atoms with Gasteiger partial charge in [0.2, 0.25) is 0 Å². The first-order valence-corrected chi connectivity index (χ1v) is 14.3. The highest BCUT2D eigenvalue weighted by Crippen LogP contribution is 2.34. The van der Waals surface area contributed by atoms with Crippen LogP contribution in [0.5, 0.6) is 0 Å². The number of rotatable bonds is 8. The van der Waals surface area contributed by atoms with Crippen LogP contribution in [-0.4, -0.2) is 38.2 Å². The Kier molecular flexibility index (Phi) is 7.61. The number of piperidine rings is 1. The number of aromatic nitrogens is 3. The number of nitrogens with zero attached hydrogens (tertiary/aromatic N) is 4. The van der Waals surface area contributed by atoms with Gasteiger partial charge in [-0.2, -0.15) is 0 Å². The molecule has 0 spiro atoms. The van der Waals surface area contributed by atoms with Crippen molar-refractivity contribution in [2.24, 2.45) is 0 Å². The molecule has 6 rings (SSSR count). The molecule has 0 bridgehead atoms. The van der Waals surface area contributed by atoms with Gasteiger partial charge in [-0.3, -0.25) is 9.88 Å². The SMILES string of the molecule is CC(=N)c1cc(CN2CCC(c3nc4ccccc4n3C(C)c3ccccn3)CC2)ccc1Nc1cccc(F)c1. The lowest BCUT2D eigenvalue weighted by Gasteiger charge is -2.32. The Morgan fingerprint density at radius 3 is 2.56 bits per heavy atom. The van der Waals surface area contributed by atoms with E-state index < -0.39 is 0 Å². The van der Waals surface area contributed by atoms with E-state index in [1.54, 1.807) is 13.0 Å². The number of fused-ring (bicyclic) bond motifs is 1. The second-order valence-electron chi connectivity index (χ2n) is 11.0. The van der Waals surface area contributed by atoms with Crippen molar-refractivity contribution >= 4 is 28.1 Å². The average molecular weight is 547 g/mol. The first-order chi connectivity index (χ1) is 20.0. The van der Waals surface area contributed by atoms with E-state index >= 15 is 0 Å². The monoisotopic (exact) mass is 546 g/mol. The molecule has 0 saturated carbocycles. The third kappa shape index (κ3) is 5.77. The molecule has 0 aliphatic carbocycles. The molecule has 0 amide bonds. The summed E-state index contributed by atoms with van der Waals surface area (Å²) < 4.78 is 16.1. The smallest absolute Gasteiger partial charge is 0.125 e. The van der Waals surface area contributed by atoms with Gasteiger partial charge in [-0.15, -0.1) is 0 Å². The largest absolute Gasteiger partial charge is 0.355 e. The van der Waals surface area contributed by atoms with Gasteiger partial charge in [-0.05, 0) is 99.9 Å². The number of anilines is 2. The van der Waals surface area contributed by atoms with Crippen LogP contribution in [0.4, 0.5) is 15.8 Å². The summed E-state index contributed by atoms with van der Waals surface area (Å²) in [5, 5.41) is 11.6. The Labute approximate surface area is 240 Å². The number of imidazole rings is 1. The van der Waals surface area contributed by atoms with Gasteiger partial charge in [0.25, 0.3) is 0 Å². The summed E-state index contributed by atoms with van der Waals surface area (Å²) in [5.74, 6) is 1.24. The van der Waals surface area contributed by atoms with E-state index in [0.717, 1.165) is 66.3 Å². The second kappa shape index (κ2) is 11.6. The summed E-state index contributed by atoms with van der Waals surface area (Å²) in [7, 11) is 0. The minimum atomic E-state index is -0.287. The van der Waals surface area contributed by atoms with Gasteiger partial charge < -0.3 is 15.3 Å². The summed E-state index contributed by atoms with van der Waals surface area (Å²) in [5.41, 5.74) is 7.20. The van der Waals surface area contributed by atoms with Crippen LogP contribution < -0.4 is 5.32 Å². The third-order valence-electron chi connectivity index (χ3n) is 8.08. The van der Waals surface area contributed by atoms with E-state index in [0.29, 0.717) is 17.3 Å². The fourth-order valence-electron chi connectivity index (χ4n) is 5.95. The highest BCUT2D eigenvalue weighted by molar-refractivity contribution is 6.02. The molecule has 3 aromatic carbocycles. The fourth-order valence-corrected chi connectivity index (χ4v) is 5.95. The van der Waals surface area contributed by atoms with E-state index in [1.807, 2.05) is 30.5 Å². The van der Waals surface area contributed by atoms with Crippen molar-refractivity contribution in [3.05, 3.63) is 120 Å². The van der Waals surface area contributed by atoms with Gasteiger partial charge in [0.15, 0.2) is 0 Å². The highest BCUT2D eigenvalue weighted by atomic mass is 19.1. The quantitative estimate of drug-likeness (QED) is 0.196. The number of likely N-dealkylation sites (tertiary alicyclic amines) is 1. The zero-order chi connectivity index (χ0) is 28.3. The Balaban J connectivity index is 1.18. The molecule has 1 aliphatic heterocycles. The summed E-state index contributed by atoms with van der Waals surface area (Å²) in [6.45, 7) is 6.79. The van der Waals surface area contributed by atoms with Gasteiger partial charge >= 0.3 is 0 Å². The molecule has 1 atom stereocenters. The predicted molar refractivity (Wildman–Crippen MR) is 164 cm³/mol. The van der Waals surface area contributed by atoms with Crippen LogP contribution in [0.1, 0.15) is 61.3 Å². The van der Waals surface area contributed by atoms with Gasteiger partial charge in [-0.1, -0.05) is 30.3 Å². The maximum atomic E-state index is 13.7. The molecular weight excluding hydrogens is 511 g/mol. The van der Waals surface area contributed by atoms with E-state index in [4.69, 9.17) is 10.4 Å². The molecule has 208 valence electrons. The molecule has 1 fully saturated rings. The summed E-state index contributed by atoms with van der Waals surface area (Å²) in [4.78, 5) is 12.3. The maximum absolute atomic E-state index is 13.7. The Morgan fingerprint density at radius 1 is 1.00 bits per heavy atom. The number of hydrogen-bond donors (Lipinski definition) is 2. The molecule has 5 aromatic rings. The molecule has 1 unspecified atom stereocenters. The molecule has 6 nitrogen and oxygen atoms in total. The van der Waals surface area contributed by atoms with E-state index in [9.17, 15) is 4.39 Å². The summed E-state index contributed by atoms with van der Waals surface area (Å²) in [6.07, 6.45) is 3.93. The van der Waals surface area contributed by atoms with Crippen LogP contribution in [-0.2, 0) is 6.54 Å². The van der Waals surface area contributed by atoms with Crippen molar-refractivity contribution in [1.82, 2.24) is 19.4 Å². The minimum absolute atomic E-state index is 0.0962. The Hall–Kier alpha value is -4.36. The normalized spacial score (nSPS) is 15.2. The standard InChI is InChI=1S/C34H35FN6/c1-23(36)29-20-25(13-14-31(29)38-28-9-7-8-27(35)21-28)22-40-18-15-26(16-19-40)34-39-32-11-3-4-12-33(32)41(34)24(2)30-10-5-6-17-37-30/h3-14,17,20-21,24,26,36,38H,15-16,18-19,22H2,1-2H3. The van der Waals surface area contributed by atoms with E-state index in [2.05, 4.69) is 69.2 Å². The topological polar surface area (TPSA) is 69.8 Å². The first-order valence-electron chi connectivity index (χ1n) is 14.3. The van der Waals surface area contributed by atoms with Gasteiger partial charge in [0.1, 0.15) is 11.6 Å². The number of pyridine rings is 1. The zero-order valence-electron chi connectivity index (χ0n) is 23.5. The molecule has 1 saturated heterocycles. The van der Waals surface area contributed by atoms with Crippen molar-refractivity contribution in [3.63, 3.8) is 0 Å². The van der Waals surface area contributed by atoms with Crippen molar-refractivity contribution in [2.45, 2.75) is 45.2 Å². The molecule has 1 aliphatic rings. The predicted octanol–water partition coefficient (Wildman–Crippen LogP) is 7.69. The Bertz CT molecular complexity index is 1670. The van der Waals surface area contributed by atoms with Gasteiger partial charge in [0, 0.05) is 41.3 Å². The second-order valence-corrected chi connectivity index (χ2v) is 11.0. The van der Waals surface area contributed by atoms with Gasteiger partial charge in [-0.25, -0.2) is 9.37 Å². The van der Waals surface area contributed by atoms with Crippen LogP contribution >= 0.6 is 0 Å². The third-order valence-corrected chi connectivity index (χ3v) is 8.08. The van der Waals surface area contributed by atoms with Crippen LogP contribution in [0.25, 0.3) is 11.0 Å². The van der Waals surface area contributed by atoms with Gasteiger partial charge in [0.05, 0.1) is 22.8 Å². The van der Waals surface area contributed by atoms with Crippen LogP contribution in [0.3, 0.4) is 0 Å². The highest BCUT2D eigenvalue weighted by Gasteiger charge is 2.28. The molecule has 7 heteroatoms. The number of benzene rings is 3. The van der Waals surface area contributed by atoms with Crippen LogP contribution in [0, 0.1) is 11.2 Å². The molecule has 2 N–H and O–H groups in total. The fraction of sp³-hybridized carbons (Fsp3) is 0.265. The van der Waals surface area contributed by atoms with Crippen LogP contribution in [0.15, 0.2) is 91.1 Å². The maximum Gasteiger partial charge on any atom is 0.125 e. The molecule has 0 radical (unpaired) electrons. The first kappa shape index (κ1) is 26.8. The number of hydrogen-bond acceptors (Lipinski definition) is 5. The van der Waals surface area contributed by atoms with Crippen molar-refractivity contribution in [3.8, 4) is 0 Å². The lowest BCUT2D eigenvalue weighted by Crippen LogP contribution is -2.33. The van der Waals surface area contributed by atoms with Crippen LogP contribution in [0.2, 0.25) is 0 Å². The molecule has 2 aromatic heterocycles. The average Bonchev–Trinajstić information content (AvgIpc) is 3.38. The van der Waals surface area contributed by atoms with Crippen molar-refractivity contribution in [1.29, 1.82) is 5.41 Å². The van der Waals surface area contributed by atoms with E-state index in [1.165, 1.54) is 17.7 Å². The van der Waals surface area contributed by atoms with Crippen molar-refractivity contribution in [2.75, 3.05) is 18.4 Å². The zero-order valence-corrected chi connectivity index (χ0v) is 23.5. The number of nitrogens with one attached hydrogen (secondary N) is 2. The lowest BCUT2D eigenvalue weighted by atomic mass is 9.94. The summed E-state index contributed by atoms with van der Waals surface area (Å²) in [6, 6.07) is 27.2. The minimum Gasteiger partial charge on any atom is -0.355 e. The van der Waals surface area contributed by atoms with Crippen molar-refractivity contribution < 1.29 is 4.39 Å². The molecule has 3 heterocycles. The Morgan fingerprint density at radius 2 is 1.80 bits per heavy atom. The van der Waals surface area contributed by atoms with E-state index in [-0.39, 0.29) is 11.9 Å². The molecule has 41 heavy (non-hydrogen) atoms. The lowest BCUT2D eigenvalue weighted by molar-refractivity contribution is 0.200. The number of para-hydroxylation sites is 2.